The van der Waals surface area contributed by atoms with E-state index < -0.39 is 15.1 Å². The molecule has 2 aliphatic rings. The molecule has 2 bridgehead atoms. The minimum absolute atomic E-state index is 0.0148. The Kier molecular flexibility index (Phi) is 3.86. The van der Waals surface area contributed by atoms with Gasteiger partial charge in [0.25, 0.3) is 0 Å². The van der Waals surface area contributed by atoms with Crippen molar-refractivity contribution >= 4 is 9.84 Å². The predicted octanol–water partition coefficient (Wildman–Crippen LogP) is 2.19. The van der Waals surface area contributed by atoms with Gasteiger partial charge in [0.05, 0.1) is 22.9 Å². The Hall–Kier alpha value is -0.910. The van der Waals surface area contributed by atoms with E-state index in [4.69, 9.17) is 4.74 Å². The molecule has 1 aliphatic carbocycles. The van der Waals surface area contributed by atoms with Crippen LogP contribution in [0, 0.1) is 24.2 Å². The average Bonchev–Trinajstić information content (AvgIpc) is 2.66. The molecule has 1 aromatic carbocycles. The fourth-order valence-corrected chi connectivity index (χ4v) is 6.28. The van der Waals surface area contributed by atoms with Crippen molar-refractivity contribution in [1.29, 1.82) is 0 Å². The second kappa shape index (κ2) is 5.32. The summed E-state index contributed by atoms with van der Waals surface area (Å²) in [6, 6.07) is 6.99. The molecule has 0 amide bonds. The number of aliphatic hydroxyl groups excluding tert-OH is 1. The number of aliphatic hydroxyl groups is 1. The van der Waals surface area contributed by atoms with Crippen molar-refractivity contribution in [3.8, 4) is 0 Å². The molecule has 4 nitrogen and oxygen atoms in total. The van der Waals surface area contributed by atoms with E-state index in [2.05, 4.69) is 13.8 Å². The van der Waals surface area contributed by atoms with Gasteiger partial charge in [0.1, 0.15) is 0 Å². The minimum atomic E-state index is -3.46. The molecule has 3 rings (SSSR count). The first-order valence-corrected chi connectivity index (χ1v) is 9.36. The summed E-state index contributed by atoms with van der Waals surface area (Å²) in [5.74, 6) is 0.214. The fourth-order valence-electron chi connectivity index (χ4n) is 4.16. The van der Waals surface area contributed by atoms with E-state index in [9.17, 15) is 13.5 Å². The largest absolute Gasteiger partial charge is 0.396 e. The summed E-state index contributed by atoms with van der Waals surface area (Å²) < 4.78 is 32.0. The van der Waals surface area contributed by atoms with Crippen LogP contribution in [0.15, 0.2) is 29.2 Å². The number of hydrogen-bond acceptors (Lipinski definition) is 4. The molecular formula is C17H24O4S. The molecule has 2 fully saturated rings. The van der Waals surface area contributed by atoms with Crippen LogP contribution in [-0.4, -0.2) is 38.1 Å². The lowest BCUT2D eigenvalue weighted by Crippen LogP contribution is -2.51. The van der Waals surface area contributed by atoms with Crippen molar-refractivity contribution in [3.05, 3.63) is 29.8 Å². The summed E-state index contributed by atoms with van der Waals surface area (Å²) in [5.41, 5.74) is 0.807. The van der Waals surface area contributed by atoms with Crippen molar-refractivity contribution in [3.63, 3.8) is 0 Å². The Morgan fingerprint density at radius 2 is 1.91 bits per heavy atom. The SMILES string of the molecule is Cc1ccc(S(=O)(=O)[C@@H]2C[C@H](CO)[C@@H]3CO[C@H]2C3(C)C)cc1. The average molecular weight is 324 g/mol. The second-order valence-electron chi connectivity index (χ2n) is 7.26. The highest BCUT2D eigenvalue weighted by molar-refractivity contribution is 7.92. The first kappa shape index (κ1) is 16.0. The second-order valence-corrected chi connectivity index (χ2v) is 9.42. The zero-order valence-electron chi connectivity index (χ0n) is 13.3. The maximum Gasteiger partial charge on any atom is 0.183 e. The molecule has 0 aromatic heterocycles. The third kappa shape index (κ3) is 2.30. The molecule has 1 heterocycles. The van der Waals surface area contributed by atoms with Crippen molar-refractivity contribution in [2.24, 2.45) is 17.3 Å². The maximum atomic E-state index is 13.1. The van der Waals surface area contributed by atoms with Crippen LogP contribution in [0.4, 0.5) is 0 Å². The van der Waals surface area contributed by atoms with Gasteiger partial charge in [-0.25, -0.2) is 8.42 Å². The molecule has 1 saturated carbocycles. The van der Waals surface area contributed by atoms with Gasteiger partial charge in [-0.05, 0) is 42.7 Å². The Morgan fingerprint density at radius 3 is 2.50 bits per heavy atom. The van der Waals surface area contributed by atoms with E-state index in [0.29, 0.717) is 17.9 Å². The highest BCUT2D eigenvalue weighted by Gasteiger charge is 2.58. The molecular weight excluding hydrogens is 300 g/mol. The van der Waals surface area contributed by atoms with Crippen LogP contribution < -0.4 is 0 Å². The number of rotatable bonds is 3. The molecule has 0 spiro atoms. The molecule has 1 aliphatic heterocycles. The number of ether oxygens (including phenoxy) is 1. The fraction of sp³-hybridized carbons (Fsp3) is 0.647. The smallest absolute Gasteiger partial charge is 0.183 e. The van der Waals surface area contributed by atoms with Gasteiger partial charge in [0.15, 0.2) is 9.84 Å². The molecule has 4 atom stereocenters. The number of hydrogen-bond donors (Lipinski definition) is 1. The van der Waals surface area contributed by atoms with Crippen molar-refractivity contribution in [1.82, 2.24) is 0 Å². The van der Waals surface area contributed by atoms with Crippen LogP contribution in [0.25, 0.3) is 0 Å². The van der Waals surface area contributed by atoms with Gasteiger partial charge >= 0.3 is 0 Å². The number of sulfone groups is 1. The summed E-state index contributed by atoms with van der Waals surface area (Å²) in [7, 11) is -3.46. The molecule has 1 N–H and O–H groups in total. The maximum absolute atomic E-state index is 13.1. The summed E-state index contributed by atoms with van der Waals surface area (Å²) >= 11 is 0. The first-order chi connectivity index (χ1) is 10.3. The Bertz CT molecular complexity index is 648. The van der Waals surface area contributed by atoms with Gasteiger partial charge in [-0.1, -0.05) is 31.5 Å². The summed E-state index contributed by atoms with van der Waals surface area (Å²) in [5, 5.41) is 9.10. The van der Waals surface area contributed by atoms with Crippen molar-refractivity contribution < 1.29 is 18.3 Å². The Labute approximate surface area is 132 Å². The topological polar surface area (TPSA) is 63.6 Å². The number of fused-ring (bicyclic) bond motifs is 2. The molecule has 22 heavy (non-hydrogen) atoms. The summed E-state index contributed by atoms with van der Waals surface area (Å²) in [6.07, 6.45) is 0.178. The van der Waals surface area contributed by atoms with Gasteiger partial charge in [-0.2, -0.15) is 0 Å². The van der Waals surface area contributed by atoms with Gasteiger partial charge < -0.3 is 9.84 Å². The lowest BCUT2D eigenvalue weighted by Gasteiger charge is -2.44. The van der Waals surface area contributed by atoms with E-state index in [0.717, 1.165) is 5.56 Å². The van der Waals surface area contributed by atoms with Crippen LogP contribution in [-0.2, 0) is 14.6 Å². The van der Waals surface area contributed by atoms with Crippen LogP contribution in [0.3, 0.4) is 0 Å². The highest BCUT2D eigenvalue weighted by Crippen LogP contribution is 2.52. The lowest BCUT2D eigenvalue weighted by atomic mass is 9.64. The number of benzene rings is 1. The van der Waals surface area contributed by atoms with E-state index >= 15 is 0 Å². The Balaban J connectivity index is 2.01. The lowest BCUT2D eigenvalue weighted by molar-refractivity contribution is 0.0250. The molecule has 1 aromatic rings. The van der Waals surface area contributed by atoms with E-state index in [1.165, 1.54) is 0 Å². The summed E-state index contributed by atoms with van der Waals surface area (Å²) in [6.45, 7) is 6.63. The van der Waals surface area contributed by atoms with E-state index in [1.54, 1.807) is 12.1 Å². The van der Waals surface area contributed by atoms with Gasteiger partial charge in [0.2, 0.25) is 0 Å². The zero-order valence-corrected chi connectivity index (χ0v) is 14.1. The van der Waals surface area contributed by atoms with Gasteiger partial charge in [0, 0.05) is 6.61 Å². The quantitative estimate of drug-likeness (QED) is 0.926. The predicted molar refractivity (Wildman–Crippen MR) is 84.4 cm³/mol. The minimum Gasteiger partial charge on any atom is -0.396 e. The molecule has 122 valence electrons. The third-order valence-electron chi connectivity index (χ3n) is 5.57. The highest BCUT2D eigenvalue weighted by atomic mass is 32.2. The zero-order chi connectivity index (χ0) is 16.1. The monoisotopic (exact) mass is 324 g/mol. The van der Waals surface area contributed by atoms with E-state index in [-0.39, 0.29) is 30.0 Å². The van der Waals surface area contributed by atoms with Crippen LogP contribution in [0.2, 0.25) is 0 Å². The van der Waals surface area contributed by atoms with Crippen LogP contribution in [0.1, 0.15) is 25.8 Å². The first-order valence-electron chi connectivity index (χ1n) is 7.81. The van der Waals surface area contributed by atoms with Crippen LogP contribution in [0.5, 0.6) is 0 Å². The van der Waals surface area contributed by atoms with Gasteiger partial charge in [-0.3, -0.25) is 0 Å². The normalized spacial score (nSPS) is 33.8. The van der Waals surface area contributed by atoms with Gasteiger partial charge in [-0.15, -0.1) is 0 Å². The van der Waals surface area contributed by atoms with Crippen LogP contribution >= 0.6 is 0 Å². The van der Waals surface area contributed by atoms with Crippen molar-refractivity contribution in [2.75, 3.05) is 13.2 Å². The van der Waals surface area contributed by atoms with Crippen molar-refractivity contribution in [2.45, 2.75) is 43.4 Å². The molecule has 0 unspecified atom stereocenters. The standard InChI is InChI=1S/C17H24O4S/c1-11-4-6-13(7-5-11)22(19,20)15-8-12(9-18)14-10-21-16(15)17(14,2)3/h4-7,12,14-16,18H,8-10H2,1-3H3/t12-,14+,15-,16-/m1/s1. The number of aryl methyl sites for hydroxylation is 1. The molecule has 1 saturated heterocycles. The molecule has 5 heteroatoms. The Morgan fingerprint density at radius 1 is 1.27 bits per heavy atom. The summed E-state index contributed by atoms with van der Waals surface area (Å²) in [4.78, 5) is 0.351. The molecule has 0 radical (unpaired) electrons. The third-order valence-corrected chi connectivity index (χ3v) is 7.73. The van der Waals surface area contributed by atoms with E-state index in [1.807, 2.05) is 19.1 Å².